The van der Waals surface area contributed by atoms with Gasteiger partial charge in [0.1, 0.15) is 5.88 Å². The highest BCUT2D eigenvalue weighted by Crippen LogP contribution is 2.16. The van der Waals surface area contributed by atoms with Gasteiger partial charge in [-0.1, -0.05) is 18.2 Å². The van der Waals surface area contributed by atoms with E-state index in [1.807, 2.05) is 32.0 Å². The third kappa shape index (κ3) is 5.76. The van der Waals surface area contributed by atoms with E-state index in [0.29, 0.717) is 26.1 Å². The third-order valence-corrected chi connectivity index (χ3v) is 3.67. The molecule has 1 rings (SSSR count). The van der Waals surface area contributed by atoms with E-state index in [0.717, 1.165) is 5.56 Å². The van der Waals surface area contributed by atoms with E-state index in [4.69, 9.17) is 11.6 Å². The molecule has 0 aliphatic carbocycles. The SMILES string of the molecule is CC(=O)NCCCN(Cc1c(C)cccc1C)C(=O)CCl. The van der Waals surface area contributed by atoms with Crippen LogP contribution in [0.4, 0.5) is 0 Å². The number of hydrogen-bond acceptors (Lipinski definition) is 2. The zero-order valence-electron chi connectivity index (χ0n) is 12.9. The lowest BCUT2D eigenvalue weighted by atomic mass is 10.0. The number of alkyl halides is 1. The number of halogens is 1. The van der Waals surface area contributed by atoms with Crippen molar-refractivity contribution >= 4 is 23.4 Å². The molecule has 0 saturated heterocycles. The highest BCUT2D eigenvalue weighted by atomic mass is 35.5. The van der Waals surface area contributed by atoms with Gasteiger partial charge in [0, 0.05) is 26.6 Å². The summed E-state index contributed by atoms with van der Waals surface area (Å²) in [5, 5.41) is 2.73. The highest BCUT2D eigenvalue weighted by molar-refractivity contribution is 6.27. The van der Waals surface area contributed by atoms with Crippen LogP contribution in [0, 0.1) is 13.8 Å². The Morgan fingerprint density at radius 2 is 1.86 bits per heavy atom. The molecule has 0 aliphatic rings. The second-order valence-electron chi connectivity index (χ2n) is 5.16. The average molecular weight is 311 g/mol. The number of carbonyl (C=O) groups is 2. The first kappa shape index (κ1) is 17.5. The molecular weight excluding hydrogens is 288 g/mol. The predicted octanol–water partition coefficient (Wildman–Crippen LogP) is 2.40. The minimum Gasteiger partial charge on any atom is -0.356 e. The monoisotopic (exact) mass is 310 g/mol. The quantitative estimate of drug-likeness (QED) is 0.621. The lowest BCUT2D eigenvalue weighted by Crippen LogP contribution is -2.34. The summed E-state index contributed by atoms with van der Waals surface area (Å²) in [6, 6.07) is 6.10. The molecule has 0 saturated carbocycles. The molecule has 0 aromatic heterocycles. The zero-order chi connectivity index (χ0) is 15.8. The van der Waals surface area contributed by atoms with Crippen molar-refractivity contribution in [2.24, 2.45) is 0 Å². The first-order chi connectivity index (χ1) is 9.95. The van der Waals surface area contributed by atoms with E-state index in [9.17, 15) is 9.59 Å². The number of nitrogens with one attached hydrogen (secondary N) is 1. The van der Waals surface area contributed by atoms with E-state index in [1.54, 1.807) is 4.90 Å². The normalized spacial score (nSPS) is 10.3. The molecule has 0 fully saturated rings. The van der Waals surface area contributed by atoms with Gasteiger partial charge in [-0.3, -0.25) is 9.59 Å². The van der Waals surface area contributed by atoms with Crippen LogP contribution in [0.5, 0.6) is 0 Å². The smallest absolute Gasteiger partial charge is 0.237 e. The fourth-order valence-electron chi connectivity index (χ4n) is 2.20. The molecule has 0 heterocycles. The second-order valence-corrected chi connectivity index (χ2v) is 5.42. The molecule has 5 heteroatoms. The van der Waals surface area contributed by atoms with E-state index >= 15 is 0 Å². The van der Waals surface area contributed by atoms with Crippen molar-refractivity contribution in [3.63, 3.8) is 0 Å². The van der Waals surface area contributed by atoms with Crippen molar-refractivity contribution in [3.8, 4) is 0 Å². The van der Waals surface area contributed by atoms with E-state index in [-0.39, 0.29) is 17.7 Å². The number of benzene rings is 1. The maximum atomic E-state index is 12.0. The molecule has 0 unspecified atom stereocenters. The van der Waals surface area contributed by atoms with E-state index in [1.165, 1.54) is 18.1 Å². The van der Waals surface area contributed by atoms with Crippen molar-refractivity contribution in [2.75, 3.05) is 19.0 Å². The number of rotatable bonds is 7. The van der Waals surface area contributed by atoms with Gasteiger partial charge in [0.2, 0.25) is 11.8 Å². The summed E-state index contributed by atoms with van der Waals surface area (Å²) in [6.45, 7) is 7.28. The Morgan fingerprint density at radius 3 is 2.38 bits per heavy atom. The van der Waals surface area contributed by atoms with Crippen molar-refractivity contribution in [3.05, 3.63) is 34.9 Å². The largest absolute Gasteiger partial charge is 0.356 e. The van der Waals surface area contributed by atoms with Crippen LogP contribution in [0.2, 0.25) is 0 Å². The van der Waals surface area contributed by atoms with Gasteiger partial charge in [-0.25, -0.2) is 0 Å². The molecule has 21 heavy (non-hydrogen) atoms. The van der Waals surface area contributed by atoms with Crippen LogP contribution in [0.15, 0.2) is 18.2 Å². The Labute approximate surface area is 131 Å². The predicted molar refractivity (Wildman–Crippen MR) is 85.4 cm³/mol. The molecule has 0 atom stereocenters. The van der Waals surface area contributed by atoms with E-state index in [2.05, 4.69) is 5.32 Å². The summed E-state index contributed by atoms with van der Waals surface area (Å²) in [5.74, 6) is -0.160. The van der Waals surface area contributed by atoms with Gasteiger partial charge < -0.3 is 10.2 Å². The minimum atomic E-state index is -0.0813. The Balaban J connectivity index is 2.70. The Bertz CT molecular complexity index is 483. The third-order valence-electron chi connectivity index (χ3n) is 3.44. The fourth-order valence-corrected chi connectivity index (χ4v) is 2.37. The maximum Gasteiger partial charge on any atom is 0.237 e. The van der Waals surface area contributed by atoms with Crippen molar-refractivity contribution < 1.29 is 9.59 Å². The first-order valence-corrected chi connectivity index (χ1v) is 7.62. The Hall–Kier alpha value is -1.55. The van der Waals surface area contributed by atoms with Crippen molar-refractivity contribution in [1.29, 1.82) is 0 Å². The Kier molecular flexibility index (Phi) is 7.23. The minimum absolute atomic E-state index is 0.0228. The number of carbonyl (C=O) groups excluding carboxylic acids is 2. The van der Waals surface area contributed by atoms with Gasteiger partial charge in [-0.2, -0.15) is 0 Å². The van der Waals surface area contributed by atoms with Gasteiger partial charge in [-0.15, -0.1) is 11.6 Å². The van der Waals surface area contributed by atoms with Crippen LogP contribution in [0.3, 0.4) is 0 Å². The summed E-state index contributed by atoms with van der Waals surface area (Å²) in [7, 11) is 0. The molecule has 0 bridgehead atoms. The van der Waals surface area contributed by atoms with Crippen LogP contribution < -0.4 is 5.32 Å². The molecule has 1 aromatic rings. The molecule has 1 N–H and O–H groups in total. The summed E-state index contributed by atoms with van der Waals surface area (Å²) in [6.07, 6.45) is 0.715. The molecule has 4 nitrogen and oxygen atoms in total. The number of amides is 2. The van der Waals surface area contributed by atoms with Gasteiger partial charge in [0.05, 0.1) is 0 Å². The van der Waals surface area contributed by atoms with Crippen molar-refractivity contribution in [2.45, 2.75) is 33.7 Å². The summed E-state index contributed by atoms with van der Waals surface area (Å²) in [5.41, 5.74) is 3.50. The lowest BCUT2D eigenvalue weighted by Gasteiger charge is -2.24. The van der Waals surface area contributed by atoms with Crippen LogP contribution in [0.1, 0.15) is 30.0 Å². The molecular formula is C16H23ClN2O2. The molecule has 0 aliphatic heterocycles. The van der Waals surface area contributed by atoms with Crippen LogP contribution in [-0.4, -0.2) is 35.7 Å². The standard InChI is InChI=1S/C16H23ClN2O2/c1-12-6-4-7-13(2)15(12)11-19(16(21)10-17)9-5-8-18-14(3)20/h4,6-7H,5,8-11H2,1-3H3,(H,18,20). The highest BCUT2D eigenvalue weighted by Gasteiger charge is 2.14. The molecule has 1 aromatic carbocycles. The zero-order valence-corrected chi connectivity index (χ0v) is 13.7. The second kappa shape index (κ2) is 8.67. The van der Waals surface area contributed by atoms with Gasteiger partial charge in [0.25, 0.3) is 0 Å². The lowest BCUT2D eigenvalue weighted by molar-refractivity contribution is -0.129. The van der Waals surface area contributed by atoms with Gasteiger partial charge in [-0.05, 0) is 37.0 Å². The maximum absolute atomic E-state index is 12.0. The fraction of sp³-hybridized carbons (Fsp3) is 0.500. The topological polar surface area (TPSA) is 49.4 Å². The number of hydrogen-bond donors (Lipinski definition) is 1. The molecule has 2 amide bonds. The molecule has 0 radical (unpaired) electrons. The van der Waals surface area contributed by atoms with Crippen LogP contribution in [0.25, 0.3) is 0 Å². The Morgan fingerprint density at radius 1 is 1.24 bits per heavy atom. The average Bonchev–Trinajstić information content (AvgIpc) is 2.44. The summed E-state index contributed by atoms with van der Waals surface area (Å²) < 4.78 is 0. The summed E-state index contributed by atoms with van der Waals surface area (Å²) >= 11 is 5.69. The van der Waals surface area contributed by atoms with E-state index < -0.39 is 0 Å². The molecule has 116 valence electrons. The summed E-state index contributed by atoms with van der Waals surface area (Å²) in [4.78, 5) is 24.6. The molecule has 0 spiro atoms. The van der Waals surface area contributed by atoms with Gasteiger partial charge >= 0.3 is 0 Å². The van der Waals surface area contributed by atoms with Crippen LogP contribution >= 0.6 is 11.6 Å². The first-order valence-electron chi connectivity index (χ1n) is 7.09. The number of nitrogens with zero attached hydrogens (tertiary/aromatic N) is 1. The van der Waals surface area contributed by atoms with Crippen LogP contribution in [-0.2, 0) is 16.1 Å². The van der Waals surface area contributed by atoms with Gasteiger partial charge in [0.15, 0.2) is 0 Å². The van der Waals surface area contributed by atoms with Crippen molar-refractivity contribution in [1.82, 2.24) is 10.2 Å². The number of aryl methyl sites for hydroxylation is 2.